The van der Waals surface area contributed by atoms with Crippen molar-refractivity contribution in [3.05, 3.63) is 0 Å². The van der Waals surface area contributed by atoms with Crippen LogP contribution in [0.15, 0.2) is 0 Å². The van der Waals surface area contributed by atoms with E-state index in [1.54, 1.807) is 0 Å². The van der Waals surface area contributed by atoms with Gasteiger partial charge < -0.3 is 15.5 Å². The van der Waals surface area contributed by atoms with Crippen molar-refractivity contribution in [2.75, 3.05) is 27.2 Å². The first kappa shape index (κ1) is 14.8. The fraction of sp³-hybridized carbons (Fsp3) is 0.933. The van der Waals surface area contributed by atoms with Crippen LogP contribution in [-0.2, 0) is 4.79 Å². The summed E-state index contributed by atoms with van der Waals surface area (Å²) in [6.07, 6.45) is 5.50. The van der Waals surface area contributed by atoms with E-state index < -0.39 is 0 Å². The van der Waals surface area contributed by atoms with Crippen LogP contribution in [0.25, 0.3) is 0 Å². The van der Waals surface area contributed by atoms with E-state index in [0.717, 1.165) is 38.8 Å². The maximum absolute atomic E-state index is 12.6. The zero-order chi connectivity index (χ0) is 14.0. The Balaban J connectivity index is 1.90. The second-order valence-corrected chi connectivity index (χ2v) is 6.61. The normalized spacial score (nSPS) is 33.7. The standard InChI is InChI=1S/C15H29N3O/c1-11-5-4-6-13(14(11)16)15(19)18-9-7-12(8-10-18)17(2)3/h11-14H,4-10,16H2,1-3H3. The number of hydrogen-bond donors (Lipinski definition) is 1. The number of hydrogen-bond acceptors (Lipinski definition) is 3. The van der Waals surface area contributed by atoms with Crippen LogP contribution in [0.1, 0.15) is 39.0 Å². The van der Waals surface area contributed by atoms with Gasteiger partial charge in [-0.15, -0.1) is 0 Å². The molecular formula is C15H29N3O. The first-order valence-electron chi connectivity index (χ1n) is 7.71. The van der Waals surface area contributed by atoms with Gasteiger partial charge in [-0.1, -0.05) is 13.3 Å². The molecule has 4 nitrogen and oxygen atoms in total. The Hall–Kier alpha value is -0.610. The minimum atomic E-state index is 0.0628. The van der Waals surface area contributed by atoms with Crippen molar-refractivity contribution < 1.29 is 4.79 Å². The molecule has 19 heavy (non-hydrogen) atoms. The van der Waals surface area contributed by atoms with Crippen LogP contribution in [0, 0.1) is 11.8 Å². The second kappa shape index (κ2) is 6.23. The van der Waals surface area contributed by atoms with E-state index in [1.807, 2.05) is 0 Å². The van der Waals surface area contributed by atoms with E-state index in [-0.39, 0.29) is 12.0 Å². The number of piperidine rings is 1. The molecule has 0 spiro atoms. The first-order valence-corrected chi connectivity index (χ1v) is 7.71. The lowest BCUT2D eigenvalue weighted by molar-refractivity contribution is -0.139. The molecule has 0 aromatic carbocycles. The molecule has 0 bridgehead atoms. The van der Waals surface area contributed by atoms with Gasteiger partial charge in [0.25, 0.3) is 0 Å². The van der Waals surface area contributed by atoms with Gasteiger partial charge in [0, 0.05) is 25.2 Å². The SMILES string of the molecule is CC1CCCC(C(=O)N2CCC(N(C)C)CC2)C1N. The van der Waals surface area contributed by atoms with Crippen molar-refractivity contribution in [3.8, 4) is 0 Å². The number of rotatable bonds is 2. The van der Waals surface area contributed by atoms with E-state index in [4.69, 9.17) is 5.73 Å². The number of nitrogens with two attached hydrogens (primary N) is 1. The average Bonchev–Trinajstić information content (AvgIpc) is 2.41. The van der Waals surface area contributed by atoms with Crippen LogP contribution in [0.4, 0.5) is 0 Å². The van der Waals surface area contributed by atoms with Crippen molar-refractivity contribution >= 4 is 5.91 Å². The van der Waals surface area contributed by atoms with Crippen molar-refractivity contribution in [1.82, 2.24) is 9.80 Å². The summed E-state index contributed by atoms with van der Waals surface area (Å²) in [5.41, 5.74) is 6.25. The average molecular weight is 267 g/mol. The molecular weight excluding hydrogens is 238 g/mol. The molecule has 1 aliphatic carbocycles. The Kier molecular flexibility index (Phi) is 4.85. The molecule has 1 aliphatic heterocycles. The van der Waals surface area contributed by atoms with Gasteiger partial charge in [0.1, 0.15) is 0 Å². The Morgan fingerprint density at radius 1 is 1.16 bits per heavy atom. The van der Waals surface area contributed by atoms with Crippen LogP contribution in [0.5, 0.6) is 0 Å². The zero-order valence-electron chi connectivity index (χ0n) is 12.6. The van der Waals surface area contributed by atoms with Crippen molar-refractivity contribution in [2.24, 2.45) is 17.6 Å². The molecule has 4 heteroatoms. The molecule has 3 unspecified atom stereocenters. The van der Waals surface area contributed by atoms with Crippen molar-refractivity contribution in [2.45, 2.75) is 51.1 Å². The van der Waals surface area contributed by atoms with Gasteiger partial charge in [-0.25, -0.2) is 0 Å². The van der Waals surface area contributed by atoms with Crippen LogP contribution >= 0.6 is 0 Å². The molecule has 0 radical (unpaired) electrons. The topological polar surface area (TPSA) is 49.6 Å². The highest BCUT2D eigenvalue weighted by Gasteiger charge is 2.36. The molecule has 2 N–H and O–H groups in total. The number of carbonyl (C=O) groups is 1. The molecule has 2 rings (SSSR count). The molecule has 0 aromatic heterocycles. The monoisotopic (exact) mass is 267 g/mol. The van der Waals surface area contributed by atoms with Crippen molar-refractivity contribution in [3.63, 3.8) is 0 Å². The largest absolute Gasteiger partial charge is 0.342 e. The zero-order valence-corrected chi connectivity index (χ0v) is 12.6. The fourth-order valence-electron chi connectivity index (χ4n) is 3.57. The van der Waals surface area contributed by atoms with Gasteiger partial charge in [-0.05, 0) is 45.7 Å². The maximum atomic E-state index is 12.6. The highest BCUT2D eigenvalue weighted by Crippen LogP contribution is 2.30. The van der Waals surface area contributed by atoms with E-state index >= 15 is 0 Å². The lowest BCUT2D eigenvalue weighted by Gasteiger charge is -2.40. The van der Waals surface area contributed by atoms with Gasteiger partial charge in [-0.2, -0.15) is 0 Å². The Bertz CT molecular complexity index is 311. The molecule has 1 saturated carbocycles. The summed E-state index contributed by atoms with van der Waals surface area (Å²) in [6, 6.07) is 0.691. The van der Waals surface area contributed by atoms with Crippen LogP contribution < -0.4 is 5.73 Å². The molecule has 3 atom stereocenters. The maximum Gasteiger partial charge on any atom is 0.227 e. The summed E-state index contributed by atoms with van der Waals surface area (Å²) < 4.78 is 0. The van der Waals surface area contributed by atoms with E-state index in [9.17, 15) is 4.79 Å². The predicted molar refractivity (Wildman–Crippen MR) is 77.8 cm³/mol. The third-order valence-corrected chi connectivity index (χ3v) is 5.12. The summed E-state index contributed by atoms with van der Waals surface area (Å²) in [4.78, 5) is 17.0. The van der Waals surface area contributed by atoms with Gasteiger partial charge >= 0.3 is 0 Å². The third-order valence-electron chi connectivity index (χ3n) is 5.12. The summed E-state index contributed by atoms with van der Waals surface area (Å²) in [5, 5.41) is 0. The summed E-state index contributed by atoms with van der Waals surface area (Å²) >= 11 is 0. The van der Waals surface area contributed by atoms with Crippen molar-refractivity contribution in [1.29, 1.82) is 0 Å². The minimum absolute atomic E-state index is 0.0628. The lowest BCUT2D eigenvalue weighted by Crippen LogP contribution is -2.52. The van der Waals surface area contributed by atoms with E-state index in [1.165, 1.54) is 6.42 Å². The predicted octanol–water partition coefficient (Wildman–Crippen LogP) is 1.30. The molecule has 110 valence electrons. The number of likely N-dealkylation sites (tertiary alicyclic amines) is 1. The summed E-state index contributed by atoms with van der Waals surface area (Å²) in [6.45, 7) is 3.99. The lowest BCUT2D eigenvalue weighted by atomic mass is 9.77. The molecule has 0 aromatic rings. The molecule has 1 saturated heterocycles. The van der Waals surface area contributed by atoms with Gasteiger partial charge in [0.2, 0.25) is 5.91 Å². The van der Waals surface area contributed by atoms with Gasteiger partial charge in [0.05, 0.1) is 5.92 Å². The van der Waals surface area contributed by atoms with Crippen LogP contribution in [-0.4, -0.2) is 55.0 Å². The molecule has 2 aliphatic rings. The smallest absolute Gasteiger partial charge is 0.227 e. The number of amides is 1. The van der Waals surface area contributed by atoms with E-state index in [2.05, 4.69) is 30.8 Å². The summed E-state index contributed by atoms with van der Waals surface area (Å²) in [5.74, 6) is 0.873. The Morgan fingerprint density at radius 3 is 2.37 bits per heavy atom. The molecule has 1 amide bonds. The highest BCUT2D eigenvalue weighted by molar-refractivity contribution is 5.79. The van der Waals surface area contributed by atoms with Gasteiger partial charge in [0.15, 0.2) is 0 Å². The third kappa shape index (κ3) is 3.29. The van der Waals surface area contributed by atoms with Crippen LogP contribution in [0.3, 0.4) is 0 Å². The van der Waals surface area contributed by atoms with E-state index in [0.29, 0.717) is 17.9 Å². The Morgan fingerprint density at radius 2 is 1.79 bits per heavy atom. The number of nitrogens with zero attached hydrogens (tertiary/aromatic N) is 2. The second-order valence-electron chi connectivity index (χ2n) is 6.61. The first-order chi connectivity index (χ1) is 9.00. The molecule has 2 fully saturated rings. The quantitative estimate of drug-likeness (QED) is 0.820. The highest BCUT2D eigenvalue weighted by atomic mass is 16.2. The van der Waals surface area contributed by atoms with Gasteiger partial charge in [-0.3, -0.25) is 4.79 Å². The van der Waals surface area contributed by atoms with Crippen LogP contribution in [0.2, 0.25) is 0 Å². The fourth-order valence-corrected chi connectivity index (χ4v) is 3.57. The Labute approximate surface area is 117 Å². The number of carbonyl (C=O) groups excluding carboxylic acids is 1. The summed E-state index contributed by atoms with van der Waals surface area (Å²) in [7, 11) is 4.25. The minimum Gasteiger partial charge on any atom is -0.342 e. The molecule has 1 heterocycles.